The Morgan fingerprint density at radius 2 is 2.00 bits per heavy atom. The van der Waals surface area contributed by atoms with Crippen molar-refractivity contribution in [3.63, 3.8) is 0 Å². The van der Waals surface area contributed by atoms with E-state index in [1.54, 1.807) is 25.1 Å². The number of hydrogen-bond acceptors (Lipinski definition) is 3. The van der Waals surface area contributed by atoms with Crippen LogP contribution in [-0.4, -0.2) is 5.91 Å². The van der Waals surface area contributed by atoms with Crippen LogP contribution < -0.4 is 5.32 Å². The van der Waals surface area contributed by atoms with E-state index in [0.29, 0.717) is 11.3 Å². The minimum Gasteiger partial charge on any atom is -0.324 e. The van der Waals surface area contributed by atoms with Gasteiger partial charge in [0.2, 0.25) is 5.91 Å². The number of carbonyl (C=O) groups is 1. The lowest BCUT2D eigenvalue weighted by Gasteiger charge is -2.14. The highest BCUT2D eigenvalue weighted by atomic mass is 16.1. The molecule has 4 heteroatoms. The number of hydrogen-bond donors (Lipinski definition) is 1. The molecule has 4 nitrogen and oxygen atoms in total. The normalized spacial score (nSPS) is 11.4. The topological polar surface area (TPSA) is 76.7 Å². The van der Waals surface area contributed by atoms with E-state index in [0.717, 1.165) is 5.56 Å². The van der Waals surface area contributed by atoms with Gasteiger partial charge < -0.3 is 5.32 Å². The molecule has 0 radical (unpaired) electrons. The van der Waals surface area contributed by atoms with Gasteiger partial charge in [-0.25, -0.2) is 0 Å². The number of rotatable bonds is 3. The fourth-order valence-electron chi connectivity index (χ4n) is 1.64. The summed E-state index contributed by atoms with van der Waals surface area (Å²) in [6.07, 6.45) is 0. The maximum Gasteiger partial charge on any atom is 0.242 e. The predicted octanol–water partition coefficient (Wildman–Crippen LogP) is 2.60. The van der Waals surface area contributed by atoms with Gasteiger partial charge in [0.1, 0.15) is 12.0 Å². The van der Waals surface area contributed by atoms with Gasteiger partial charge in [-0.1, -0.05) is 26.0 Å². The van der Waals surface area contributed by atoms with Gasteiger partial charge in [0.25, 0.3) is 0 Å². The zero-order valence-electron chi connectivity index (χ0n) is 10.7. The van der Waals surface area contributed by atoms with Crippen molar-refractivity contribution in [2.75, 3.05) is 5.32 Å². The van der Waals surface area contributed by atoms with Crippen LogP contribution in [0.4, 0.5) is 5.69 Å². The summed E-state index contributed by atoms with van der Waals surface area (Å²) in [5, 5.41) is 20.7. The van der Waals surface area contributed by atoms with Gasteiger partial charge in [0.15, 0.2) is 0 Å². The van der Waals surface area contributed by atoms with Crippen molar-refractivity contribution < 1.29 is 4.79 Å². The van der Waals surface area contributed by atoms with E-state index in [1.165, 1.54) is 0 Å². The van der Waals surface area contributed by atoms with Crippen molar-refractivity contribution in [3.8, 4) is 12.1 Å². The molecule has 1 aromatic rings. The molecule has 1 aromatic carbocycles. The highest BCUT2D eigenvalue weighted by molar-refractivity contribution is 5.95. The van der Waals surface area contributed by atoms with Gasteiger partial charge in [-0.05, 0) is 24.5 Å². The first-order valence-electron chi connectivity index (χ1n) is 5.71. The fraction of sp³-hybridized carbons (Fsp3) is 0.357. The van der Waals surface area contributed by atoms with E-state index < -0.39 is 5.92 Å². The molecule has 1 amide bonds. The molecule has 0 aliphatic carbocycles. The second-order valence-electron chi connectivity index (χ2n) is 4.45. The van der Waals surface area contributed by atoms with Gasteiger partial charge in [-0.15, -0.1) is 0 Å². The third-order valence-electron chi connectivity index (χ3n) is 2.73. The number of amides is 1. The van der Waals surface area contributed by atoms with Crippen LogP contribution >= 0.6 is 0 Å². The SMILES string of the molecule is Cc1cccc(NC(=O)C(C#N)C(C)C)c1C#N. The average Bonchev–Trinajstić information content (AvgIpc) is 2.29. The van der Waals surface area contributed by atoms with Gasteiger partial charge in [0, 0.05) is 0 Å². The van der Waals surface area contributed by atoms with Crippen molar-refractivity contribution in [1.82, 2.24) is 0 Å². The van der Waals surface area contributed by atoms with Crippen molar-refractivity contribution in [2.45, 2.75) is 20.8 Å². The Morgan fingerprint density at radius 1 is 1.33 bits per heavy atom. The molecule has 0 heterocycles. The Labute approximate surface area is 107 Å². The molecule has 0 saturated heterocycles. The Morgan fingerprint density at radius 3 is 2.50 bits per heavy atom. The van der Waals surface area contributed by atoms with Crippen molar-refractivity contribution in [1.29, 1.82) is 10.5 Å². The summed E-state index contributed by atoms with van der Waals surface area (Å²) in [6, 6.07) is 9.27. The molecule has 0 aromatic heterocycles. The fourth-order valence-corrected chi connectivity index (χ4v) is 1.64. The molecule has 0 spiro atoms. The summed E-state index contributed by atoms with van der Waals surface area (Å²) in [7, 11) is 0. The summed E-state index contributed by atoms with van der Waals surface area (Å²) in [6.45, 7) is 5.43. The summed E-state index contributed by atoms with van der Waals surface area (Å²) >= 11 is 0. The molecule has 0 fully saturated rings. The highest BCUT2D eigenvalue weighted by Crippen LogP contribution is 2.20. The molecule has 92 valence electrons. The Hall–Kier alpha value is -2.33. The Kier molecular flexibility index (Phi) is 4.45. The predicted molar refractivity (Wildman–Crippen MR) is 68.5 cm³/mol. The van der Waals surface area contributed by atoms with Crippen LogP contribution in [0.15, 0.2) is 18.2 Å². The van der Waals surface area contributed by atoms with E-state index in [1.807, 2.05) is 19.9 Å². The lowest BCUT2D eigenvalue weighted by molar-refractivity contribution is -0.119. The van der Waals surface area contributed by atoms with Gasteiger partial charge >= 0.3 is 0 Å². The smallest absolute Gasteiger partial charge is 0.242 e. The minimum absolute atomic E-state index is 0.0645. The number of nitrogens with zero attached hydrogens (tertiary/aromatic N) is 2. The van der Waals surface area contributed by atoms with E-state index in [9.17, 15) is 4.79 Å². The summed E-state index contributed by atoms with van der Waals surface area (Å²) in [5.41, 5.74) is 1.70. The van der Waals surface area contributed by atoms with E-state index in [-0.39, 0.29) is 11.8 Å². The van der Waals surface area contributed by atoms with Gasteiger partial charge in [0.05, 0.1) is 17.3 Å². The molecule has 0 aliphatic rings. The largest absolute Gasteiger partial charge is 0.324 e. The molecule has 1 atom stereocenters. The van der Waals surface area contributed by atoms with E-state index in [2.05, 4.69) is 11.4 Å². The van der Waals surface area contributed by atoms with Crippen molar-refractivity contribution in [3.05, 3.63) is 29.3 Å². The molecule has 0 aliphatic heterocycles. The first kappa shape index (κ1) is 13.7. The van der Waals surface area contributed by atoms with Crippen LogP contribution in [0, 0.1) is 41.4 Å². The minimum atomic E-state index is -0.711. The van der Waals surface area contributed by atoms with Crippen LogP contribution in [0.25, 0.3) is 0 Å². The summed E-state index contributed by atoms with van der Waals surface area (Å²) in [4.78, 5) is 11.9. The standard InChI is InChI=1S/C14H15N3O/c1-9(2)11(7-15)14(18)17-13-6-4-5-10(3)12(13)8-16/h4-6,9,11H,1-3H3,(H,17,18). The lowest BCUT2D eigenvalue weighted by Crippen LogP contribution is -2.26. The number of nitriles is 2. The van der Waals surface area contributed by atoms with E-state index in [4.69, 9.17) is 10.5 Å². The number of benzene rings is 1. The highest BCUT2D eigenvalue weighted by Gasteiger charge is 2.22. The Bertz CT molecular complexity index is 535. The average molecular weight is 241 g/mol. The molecule has 1 rings (SSSR count). The molecule has 18 heavy (non-hydrogen) atoms. The summed E-state index contributed by atoms with van der Waals surface area (Å²) < 4.78 is 0. The Balaban J connectivity index is 3.00. The van der Waals surface area contributed by atoms with Gasteiger partial charge in [-0.2, -0.15) is 10.5 Å². The molecule has 0 saturated carbocycles. The van der Waals surface area contributed by atoms with Crippen LogP contribution in [-0.2, 0) is 4.79 Å². The maximum absolute atomic E-state index is 11.9. The van der Waals surface area contributed by atoms with Gasteiger partial charge in [-0.3, -0.25) is 4.79 Å². The second kappa shape index (κ2) is 5.84. The summed E-state index contributed by atoms with van der Waals surface area (Å²) in [5.74, 6) is -1.14. The zero-order chi connectivity index (χ0) is 13.7. The van der Waals surface area contributed by atoms with E-state index >= 15 is 0 Å². The second-order valence-corrected chi connectivity index (χ2v) is 4.45. The number of anilines is 1. The maximum atomic E-state index is 11.9. The van der Waals surface area contributed by atoms with Crippen LogP contribution in [0.5, 0.6) is 0 Å². The van der Waals surface area contributed by atoms with Crippen LogP contribution in [0.1, 0.15) is 25.0 Å². The number of nitrogens with one attached hydrogen (secondary N) is 1. The van der Waals surface area contributed by atoms with Crippen molar-refractivity contribution >= 4 is 11.6 Å². The first-order valence-corrected chi connectivity index (χ1v) is 5.71. The molecular weight excluding hydrogens is 226 g/mol. The quantitative estimate of drug-likeness (QED) is 0.883. The molecule has 1 unspecified atom stereocenters. The monoisotopic (exact) mass is 241 g/mol. The van der Waals surface area contributed by atoms with Crippen molar-refractivity contribution in [2.24, 2.45) is 11.8 Å². The molecular formula is C14H15N3O. The number of aryl methyl sites for hydroxylation is 1. The lowest BCUT2D eigenvalue weighted by atomic mass is 9.96. The zero-order valence-corrected chi connectivity index (χ0v) is 10.7. The number of carbonyl (C=O) groups excluding carboxylic acids is 1. The third-order valence-corrected chi connectivity index (χ3v) is 2.73. The molecule has 0 bridgehead atoms. The van der Waals surface area contributed by atoms with Crippen LogP contribution in [0.3, 0.4) is 0 Å². The molecule has 1 N–H and O–H groups in total. The first-order chi connectivity index (χ1) is 8.51. The third kappa shape index (κ3) is 2.87. The van der Waals surface area contributed by atoms with Crippen LogP contribution in [0.2, 0.25) is 0 Å².